The first kappa shape index (κ1) is 25.9. The van der Waals surface area contributed by atoms with E-state index in [0.717, 1.165) is 0 Å². The van der Waals surface area contributed by atoms with E-state index in [-0.39, 0.29) is 24.8 Å². The minimum atomic E-state index is 0. The summed E-state index contributed by atoms with van der Waals surface area (Å²) < 4.78 is 0. The molecule has 0 aliphatic carbocycles. The second-order valence-electron chi connectivity index (χ2n) is 0.707. The fraction of sp³-hybridized carbons (Fsp3) is 1.00. The molecule has 7 heavy (non-hydrogen) atoms. The van der Waals surface area contributed by atoms with Crippen molar-refractivity contribution in [2.45, 2.75) is 20.3 Å². The second kappa shape index (κ2) is 87.4. The fourth-order valence-corrected chi connectivity index (χ4v) is 0. The third kappa shape index (κ3) is 527. The van der Waals surface area contributed by atoms with Gasteiger partial charge in [0.1, 0.15) is 0 Å². The molecule has 0 bridgehead atoms. The summed E-state index contributed by atoms with van der Waals surface area (Å²) in [6.07, 6.45) is 1.25. The Morgan fingerprint density at radius 1 is 1.00 bits per heavy atom. The van der Waals surface area contributed by atoms with Crippen molar-refractivity contribution in [2.24, 2.45) is 11.7 Å². The number of hydrazine groups is 1. The van der Waals surface area contributed by atoms with Crippen LogP contribution in [0, 0.1) is 0 Å². The number of nitrogens with two attached hydrogens (primary N) is 2. The van der Waals surface area contributed by atoms with E-state index >= 15 is 0 Å². The highest BCUT2D eigenvalue weighted by Gasteiger charge is 1.35. The second-order valence-corrected chi connectivity index (χ2v) is 0.707. The normalized spacial score (nSPS) is 3.43. The van der Waals surface area contributed by atoms with Gasteiger partial charge >= 0.3 is 0 Å². The molecule has 0 saturated carbocycles. The highest BCUT2D eigenvalue weighted by Crippen LogP contribution is 1.56. The molecule has 0 spiro atoms. The van der Waals surface area contributed by atoms with Crippen molar-refractivity contribution >= 4 is 24.8 Å². The SMILES string of the molecule is CCC.Cl.Cl.NN. The zero-order valence-electron chi connectivity index (χ0n) is 4.68. The number of halogens is 2. The van der Waals surface area contributed by atoms with E-state index in [1.165, 1.54) is 6.42 Å². The van der Waals surface area contributed by atoms with E-state index in [0.29, 0.717) is 0 Å². The quantitative estimate of drug-likeness (QED) is 0.400. The molecule has 0 heterocycles. The molecule has 4 N–H and O–H groups in total. The van der Waals surface area contributed by atoms with Crippen molar-refractivity contribution in [3.63, 3.8) is 0 Å². The molecule has 0 fully saturated rings. The maximum Gasteiger partial charge on any atom is -0.0590 e. The van der Waals surface area contributed by atoms with Gasteiger partial charge in [-0.2, -0.15) is 0 Å². The lowest BCUT2D eigenvalue weighted by molar-refractivity contribution is 1.09. The van der Waals surface area contributed by atoms with Gasteiger partial charge in [-0.3, -0.25) is 11.7 Å². The highest BCUT2D eigenvalue weighted by atomic mass is 35.5. The maximum absolute atomic E-state index is 4.00. The first-order chi connectivity index (χ1) is 2.41. The average molecular weight is 149 g/mol. The monoisotopic (exact) mass is 148 g/mol. The lowest BCUT2D eigenvalue weighted by Crippen LogP contribution is -2.02. The molecule has 0 aromatic heterocycles. The molecule has 50 valence electrons. The molecule has 0 aliphatic rings. The van der Waals surface area contributed by atoms with Crippen molar-refractivity contribution in [1.82, 2.24) is 0 Å². The third-order valence-electron chi connectivity index (χ3n) is 0. The zero-order valence-corrected chi connectivity index (χ0v) is 6.31. The number of hydrogen-bond donors (Lipinski definition) is 2. The Balaban J connectivity index is -0.0000000105. The Morgan fingerprint density at radius 3 is 1.00 bits per heavy atom. The first-order valence-electron chi connectivity index (χ1n) is 1.75. The summed E-state index contributed by atoms with van der Waals surface area (Å²) in [5.41, 5.74) is 0. The molecule has 4 heteroatoms. The number of hydrogen-bond acceptors (Lipinski definition) is 2. The summed E-state index contributed by atoms with van der Waals surface area (Å²) >= 11 is 0. The predicted octanol–water partition coefficient (Wildman–Crippen LogP) is 1.08. The molecule has 0 atom stereocenters. The minimum Gasteiger partial charge on any atom is -0.274 e. The van der Waals surface area contributed by atoms with Gasteiger partial charge in [-0.05, 0) is 0 Å². The van der Waals surface area contributed by atoms with Gasteiger partial charge in [-0.1, -0.05) is 20.3 Å². The average Bonchev–Trinajstić information content (AvgIpc) is 1.46. The van der Waals surface area contributed by atoms with Gasteiger partial charge in [0.2, 0.25) is 0 Å². The van der Waals surface area contributed by atoms with Crippen molar-refractivity contribution in [3.8, 4) is 0 Å². The van der Waals surface area contributed by atoms with Crippen LogP contribution in [0.2, 0.25) is 0 Å². The Labute approximate surface area is 57.4 Å². The Bertz CT molecular complexity index is 10.9. The van der Waals surface area contributed by atoms with Gasteiger partial charge in [-0.25, -0.2) is 0 Å². The van der Waals surface area contributed by atoms with Gasteiger partial charge in [-0.15, -0.1) is 24.8 Å². The fourth-order valence-electron chi connectivity index (χ4n) is 0. The van der Waals surface area contributed by atoms with Crippen molar-refractivity contribution in [1.29, 1.82) is 0 Å². The lowest BCUT2D eigenvalue weighted by Gasteiger charge is -1.48. The van der Waals surface area contributed by atoms with E-state index < -0.39 is 0 Å². The molecular weight excluding hydrogens is 135 g/mol. The molecule has 0 aromatic rings. The largest absolute Gasteiger partial charge is 0.274 e. The van der Waals surface area contributed by atoms with E-state index in [1.54, 1.807) is 0 Å². The molecule has 0 aliphatic heterocycles. The van der Waals surface area contributed by atoms with Crippen LogP contribution >= 0.6 is 24.8 Å². The van der Waals surface area contributed by atoms with Crippen molar-refractivity contribution in [2.75, 3.05) is 0 Å². The van der Waals surface area contributed by atoms with E-state index in [2.05, 4.69) is 25.5 Å². The summed E-state index contributed by atoms with van der Waals surface area (Å²) in [5, 5.41) is 0. The maximum atomic E-state index is 4.00. The van der Waals surface area contributed by atoms with Crippen LogP contribution in [0.15, 0.2) is 0 Å². The lowest BCUT2D eigenvalue weighted by atomic mass is 10.6. The van der Waals surface area contributed by atoms with Crippen LogP contribution in [0.1, 0.15) is 20.3 Å². The van der Waals surface area contributed by atoms with Crippen LogP contribution in [-0.4, -0.2) is 0 Å². The van der Waals surface area contributed by atoms with Gasteiger partial charge in [0.15, 0.2) is 0 Å². The van der Waals surface area contributed by atoms with E-state index in [4.69, 9.17) is 0 Å². The van der Waals surface area contributed by atoms with Gasteiger partial charge < -0.3 is 0 Å². The van der Waals surface area contributed by atoms with Crippen LogP contribution in [0.25, 0.3) is 0 Å². The van der Waals surface area contributed by atoms with Gasteiger partial charge in [0.25, 0.3) is 0 Å². The molecular formula is C3H14Cl2N2. The van der Waals surface area contributed by atoms with Crippen molar-refractivity contribution in [3.05, 3.63) is 0 Å². The smallest absolute Gasteiger partial charge is 0.0590 e. The van der Waals surface area contributed by atoms with Gasteiger partial charge in [0.05, 0.1) is 0 Å². The van der Waals surface area contributed by atoms with Crippen LogP contribution in [-0.2, 0) is 0 Å². The summed E-state index contributed by atoms with van der Waals surface area (Å²) in [5.74, 6) is 8.00. The molecule has 0 radical (unpaired) electrons. The topological polar surface area (TPSA) is 52.0 Å². The summed E-state index contributed by atoms with van der Waals surface area (Å²) in [4.78, 5) is 0. The Morgan fingerprint density at radius 2 is 1.00 bits per heavy atom. The third-order valence-corrected chi connectivity index (χ3v) is 0. The van der Waals surface area contributed by atoms with Gasteiger partial charge in [0, 0.05) is 0 Å². The minimum absolute atomic E-state index is 0. The van der Waals surface area contributed by atoms with Crippen LogP contribution in [0.3, 0.4) is 0 Å². The van der Waals surface area contributed by atoms with Crippen LogP contribution in [0.4, 0.5) is 0 Å². The molecule has 0 amide bonds. The highest BCUT2D eigenvalue weighted by molar-refractivity contribution is 5.85. The van der Waals surface area contributed by atoms with Crippen LogP contribution in [0.5, 0.6) is 0 Å². The standard InChI is InChI=1S/C3H8.2ClH.H4N2/c1-3-2;;;1-2/h3H2,1-2H3;2*1H;1-2H2. The zero-order chi connectivity index (χ0) is 4.71. The molecule has 0 unspecified atom stereocenters. The summed E-state index contributed by atoms with van der Waals surface area (Å²) in [6.45, 7) is 4.25. The molecule has 0 rings (SSSR count). The Hall–Kier alpha value is 0.500. The summed E-state index contributed by atoms with van der Waals surface area (Å²) in [7, 11) is 0. The van der Waals surface area contributed by atoms with E-state index in [1.807, 2.05) is 0 Å². The van der Waals surface area contributed by atoms with Crippen LogP contribution < -0.4 is 11.7 Å². The Kier molecular flexibility index (Phi) is 323. The van der Waals surface area contributed by atoms with Crippen molar-refractivity contribution < 1.29 is 0 Å². The predicted molar refractivity (Wildman–Crippen MR) is 38.8 cm³/mol. The summed E-state index contributed by atoms with van der Waals surface area (Å²) in [6, 6.07) is 0. The molecule has 0 aromatic carbocycles. The van der Waals surface area contributed by atoms with E-state index in [9.17, 15) is 0 Å². The molecule has 0 saturated heterocycles. The first-order valence-corrected chi connectivity index (χ1v) is 1.75. The molecule has 2 nitrogen and oxygen atoms in total. The number of rotatable bonds is 0.